The lowest BCUT2D eigenvalue weighted by Crippen LogP contribution is -2.47. The number of imidazole rings is 1. The Kier molecular flexibility index (Phi) is 6.74. The lowest BCUT2D eigenvalue weighted by atomic mass is 10.1. The van der Waals surface area contributed by atoms with Crippen LogP contribution in [-0.4, -0.2) is 56.9 Å². The number of morpholine rings is 1. The van der Waals surface area contributed by atoms with E-state index in [4.69, 9.17) is 9.72 Å². The summed E-state index contributed by atoms with van der Waals surface area (Å²) in [7, 11) is 3.75. The highest BCUT2D eigenvalue weighted by atomic mass is 127. The fraction of sp³-hybridized carbons (Fsp3) is 0.611. The summed E-state index contributed by atoms with van der Waals surface area (Å²) in [6, 6.07) is 0. The minimum absolute atomic E-state index is 0. The first-order valence-electron chi connectivity index (χ1n) is 9.33. The topological polar surface area (TPSA) is 72.5 Å². The molecular formula is C18H28IN7O. The molecule has 8 nitrogen and oxygen atoms in total. The Morgan fingerprint density at radius 1 is 1.33 bits per heavy atom. The molecule has 0 bridgehead atoms. The number of hydrogen-bond acceptors (Lipinski definition) is 4. The summed E-state index contributed by atoms with van der Waals surface area (Å²) < 4.78 is 10.0. The summed E-state index contributed by atoms with van der Waals surface area (Å²) in [6.07, 6.45) is 9.67. The summed E-state index contributed by atoms with van der Waals surface area (Å²) in [4.78, 5) is 11.5. The van der Waals surface area contributed by atoms with Gasteiger partial charge in [-0.3, -0.25) is 9.67 Å². The van der Waals surface area contributed by atoms with Crippen molar-refractivity contribution in [3.05, 3.63) is 35.7 Å². The molecular weight excluding hydrogens is 457 g/mol. The van der Waals surface area contributed by atoms with Crippen molar-refractivity contribution in [2.75, 3.05) is 26.7 Å². The number of aromatic nitrogens is 4. The van der Waals surface area contributed by atoms with E-state index in [1.165, 1.54) is 18.7 Å². The largest absolute Gasteiger partial charge is 0.370 e. The van der Waals surface area contributed by atoms with Crippen LogP contribution in [0.3, 0.4) is 0 Å². The number of aryl methyl sites for hydroxylation is 3. The van der Waals surface area contributed by atoms with Crippen molar-refractivity contribution >= 4 is 29.9 Å². The Morgan fingerprint density at radius 2 is 2.22 bits per heavy atom. The van der Waals surface area contributed by atoms with Crippen molar-refractivity contribution in [2.45, 2.75) is 38.5 Å². The number of nitrogens with zero attached hydrogens (tertiary/aromatic N) is 6. The number of hydrogen-bond donors (Lipinski definition) is 1. The second-order valence-electron chi connectivity index (χ2n) is 6.95. The first kappa shape index (κ1) is 20.1. The van der Waals surface area contributed by atoms with E-state index >= 15 is 0 Å². The highest BCUT2D eigenvalue weighted by Gasteiger charge is 2.25. The zero-order valence-electron chi connectivity index (χ0n) is 16.0. The molecule has 0 spiro atoms. The molecule has 0 saturated carbocycles. The summed E-state index contributed by atoms with van der Waals surface area (Å²) in [6.45, 7) is 4.06. The normalized spacial score (nSPS) is 20.1. The van der Waals surface area contributed by atoms with Gasteiger partial charge >= 0.3 is 0 Å². The van der Waals surface area contributed by atoms with E-state index in [9.17, 15) is 0 Å². The Hall–Kier alpha value is -1.62. The maximum absolute atomic E-state index is 5.93. The summed E-state index contributed by atoms with van der Waals surface area (Å²) in [5.41, 5.74) is 2.19. The zero-order chi connectivity index (χ0) is 17.9. The first-order valence-corrected chi connectivity index (χ1v) is 9.33. The molecule has 0 aliphatic carbocycles. The lowest BCUT2D eigenvalue weighted by Gasteiger charge is -2.34. The number of nitrogens with one attached hydrogen (secondary N) is 1. The lowest BCUT2D eigenvalue weighted by molar-refractivity contribution is -0.00805. The Bertz CT molecular complexity index is 761. The van der Waals surface area contributed by atoms with Crippen molar-refractivity contribution in [3.63, 3.8) is 0 Å². The Balaban J connectivity index is 0.00000210. The van der Waals surface area contributed by atoms with Crippen molar-refractivity contribution in [3.8, 4) is 0 Å². The van der Waals surface area contributed by atoms with Gasteiger partial charge in [-0.1, -0.05) is 0 Å². The maximum atomic E-state index is 5.93. The molecule has 2 aliphatic heterocycles. The third-order valence-corrected chi connectivity index (χ3v) is 5.06. The fourth-order valence-corrected chi connectivity index (χ4v) is 3.71. The van der Waals surface area contributed by atoms with Gasteiger partial charge in [-0.25, -0.2) is 4.98 Å². The van der Waals surface area contributed by atoms with Gasteiger partial charge in [0, 0.05) is 51.6 Å². The van der Waals surface area contributed by atoms with Gasteiger partial charge in [-0.05, 0) is 12.8 Å². The molecule has 148 valence electrons. The van der Waals surface area contributed by atoms with Crippen molar-refractivity contribution in [1.82, 2.24) is 29.5 Å². The van der Waals surface area contributed by atoms with E-state index in [0.29, 0.717) is 13.2 Å². The molecule has 2 aromatic rings. The second-order valence-corrected chi connectivity index (χ2v) is 6.95. The van der Waals surface area contributed by atoms with E-state index in [1.807, 2.05) is 31.2 Å². The molecule has 0 aromatic carbocycles. The minimum Gasteiger partial charge on any atom is -0.370 e. The molecule has 4 heterocycles. The third kappa shape index (κ3) is 4.63. The number of halogens is 1. The predicted molar refractivity (Wildman–Crippen MR) is 114 cm³/mol. The van der Waals surface area contributed by atoms with Gasteiger partial charge in [-0.2, -0.15) is 5.10 Å². The highest BCUT2D eigenvalue weighted by molar-refractivity contribution is 14.0. The molecule has 0 amide bonds. The second kappa shape index (κ2) is 9.05. The molecule has 2 aromatic heterocycles. The smallest absolute Gasteiger partial charge is 0.194 e. The third-order valence-electron chi connectivity index (χ3n) is 5.06. The van der Waals surface area contributed by atoms with Crippen LogP contribution in [0.4, 0.5) is 0 Å². The van der Waals surface area contributed by atoms with Crippen LogP contribution in [0.25, 0.3) is 0 Å². The summed E-state index contributed by atoms with van der Waals surface area (Å²) in [5, 5.41) is 7.72. The number of fused-ring (bicyclic) bond motifs is 1. The molecule has 4 rings (SSSR count). The van der Waals surface area contributed by atoms with Crippen LogP contribution in [0.5, 0.6) is 0 Å². The van der Waals surface area contributed by atoms with Gasteiger partial charge in [0.05, 0.1) is 31.6 Å². The van der Waals surface area contributed by atoms with E-state index in [0.717, 1.165) is 43.3 Å². The van der Waals surface area contributed by atoms with Crippen LogP contribution in [0.2, 0.25) is 0 Å². The standard InChI is InChI=1S/C18H27N7O.HI/c1-19-18(20-10-15-12-24-6-4-3-5-17(24)22-15)25-7-8-26-16(13-25)14-9-21-23(2)11-14;/h9,11-12,16H,3-8,10,13H2,1-2H3,(H,19,20);1H. The van der Waals surface area contributed by atoms with Crippen molar-refractivity contribution < 1.29 is 4.74 Å². The van der Waals surface area contributed by atoms with Crippen LogP contribution in [-0.2, 0) is 31.3 Å². The highest BCUT2D eigenvalue weighted by Crippen LogP contribution is 2.21. The number of aliphatic imine (C=N–C) groups is 1. The number of ether oxygens (including phenoxy) is 1. The minimum atomic E-state index is 0. The van der Waals surface area contributed by atoms with Crippen molar-refractivity contribution in [2.24, 2.45) is 12.0 Å². The SMILES string of the molecule is CN=C(NCc1cn2c(n1)CCCC2)N1CCOC(c2cnn(C)c2)C1.I. The molecule has 0 radical (unpaired) electrons. The average Bonchev–Trinajstić information content (AvgIpc) is 3.28. The van der Waals surface area contributed by atoms with Crippen LogP contribution in [0.15, 0.2) is 23.6 Å². The van der Waals surface area contributed by atoms with Gasteiger partial charge in [0.25, 0.3) is 0 Å². The van der Waals surface area contributed by atoms with E-state index in [2.05, 4.69) is 31.1 Å². The van der Waals surface area contributed by atoms with Crippen LogP contribution >= 0.6 is 24.0 Å². The summed E-state index contributed by atoms with van der Waals surface area (Å²) >= 11 is 0. The number of guanidine groups is 1. The van der Waals surface area contributed by atoms with Gasteiger partial charge < -0.3 is 19.5 Å². The first-order chi connectivity index (χ1) is 12.7. The summed E-state index contributed by atoms with van der Waals surface area (Å²) in [5.74, 6) is 2.11. The number of rotatable bonds is 3. The molecule has 27 heavy (non-hydrogen) atoms. The van der Waals surface area contributed by atoms with Gasteiger partial charge in [0.15, 0.2) is 5.96 Å². The predicted octanol–water partition coefficient (Wildman–Crippen LogP) is 1.72. The molecule has 1 N–H and O–H groups in total. The van der Waals surface area contributed by atoms with Crippen LogP contribution < -0.4 is 5.32 Å². The molecule has 1 atom stereocenters. The maximum Gasteiger partial charge on any atom is 0.194 e. The fourth-order valence-electron chi connectivity index (χ4n) is 3.71. The van der Waals surface area contributed by atoms with E-state index in [-0.39, 0.29) is 30.1 Å². The van der Waals surface area contributed by atoms with Gasteiger partial charge in [0.2, 0.25) is 0 Å². The molecule has 1 unspecified atom stereocenters. The van der Waals surface area contributed by atoms with Gasteiger partial charge in [-0.15, -0.1) is 24.0 Å². The Morgan fingerprint density at radius 3 is 2.96 bits per heavy atom. The molecule has 2 aliphatic rings. The quantitative estimate of drug-likeness (QED) is 0.408. The molecule has 1 saturated heterocycles. The van der Waals surface area contributed by atoms with Crippen molar-refractivity contribution in [1.29, 1.82) is 0 Å². The monoisotopic (exact) mass is 485 g/mol. The Labute approximate surface area is 177 Å². The average molecular weight is 485 g/mol. The zero-order valence-corrected chi connectivity index (χ0v) is 18.3. The van der Waals surface area contributed by atoms with E-state index in [1.54, 1.807) is 0 Å². The molecule has 9 heteroatoms. The van der Waals surface area contributed by atoms with Crippen LogP contribution in [0.1, 0.15) is 36.0 Å². The molecule has 1 fully saturated rings. The van der Waals surface area contributed by atoms with Gasteiger partial charge in [0.1, 0.15) is 11.9 Å². The van der Waals surface area contributed by atoms with E-state index < -0.39 is 0 Å². The van der Waals surface area contributed by atoms with Crippen LogP contribution in [0, 0.1) is 0 Å².